The van der Waals surface area contributed by atoms with Gasteiger partial charge >= 0.3 is 0 Å². The number of fused-ring (bicyclic) bond motifs is 1. The Balaban J connectivity index is 2.47. The van der Waals surface area contributed by atoms with Crippen LogP contribution in [0.3, 0.4) is 0 Å². The van der Waals surface area contributed by atoms with E-state index in [9.17, 15) is 0 Å². The van der Waals surface area contributed by atoms with Gasteiger partial charge in [-0.25, -0.2) is 0 Å². The number of methoxy groups -OCH3 is 2. The van der Waals surface area contributed by atoms with Crippen LogP contribution < -0.4 is 26.8 Å². The highest BCUT2D eigenvalue weighted by Crippen LogP contribution is 2.42. The summed E-state index contributed by atoms with van der Waals surface area (Å²) >= 11 is 0. The summed E-state index contributed by atoms with van der Waals surface area (Å²) in [7, 11) is 3.19. The summed E-state index contributed by atoms with van der Waals surface area (Å²) in [6.45, 7) is 0.638. The van der Waals surface area contributed by atoms with Crippen LogP contribution in [0.2, 0.25) is 0 Å². The minimum atomic E-state index is -0.124. The Morgan fingerprint density at radius 3 is 2.69 bits per heavy atom. The number of hydrogen-bond donors (Lipinski definition) is 4. The second-order valence-corrected chi connectivity index (χ2v) is 3.58. The number of nitrogen functional groups attached to an aromatic ring is 2. The van der Waals surface area contributed by atoms with Crippen molar-refractivity contribution in [1.82, 2.24) is 0 Å². The van der Waals surface area contributed by atoms with Crippen LogP contribution in [0, 0.1) is 0 Å². The maximum Gasteiger partial charge on any atom is 0.146 e. The van der Waals surface area contributed by atoms with E-state index < -0.39 is 0 Å². The normalized spacial score (nSPS) is 18.2. The minimum absolute atomic E-state index is 0.124. The molecule has 1 atom stereocenters. The number of anilines is 4. The first-order valence-electron chi connectivity index (χ1n) is 4.96. The van der Waals surface area contributed by atoms with Gasteiger partial charge in [-0.3, -0.25) is 0 Å². The van der Waals surface area contributed by atoms with E-state index in [0.29, 0.717) is 23.7 Å². The van der Waals surface area contributed by atoms with Gasteiger partial charge < -0.3 is 31.6 Å². The highest BCUT2D eigenvalue weighted by atomic mass is 16.5. The SMILES string of the molecule is COc1cc(N)c2c(c1N)NC(OC)CN2. The van der Waals surface area contributed by atoms with Gasteiger partial charge in [0.05, 0.1) is 30.7 Å². The van der Waals surface area contributed by atoms with Crippen molar-refractivity contribution in [3.05, 3.63) is 6.07 Å². The van der Waals surface area contributed by atoms with Gasteiger partial charge in [0.25, 0.3) is 0 Å². The molecule has 0 fully saturated rings. The summed E-state index contributed by atoms with van der Waals surface area (Å²) < 4.78 is 10.4. The zero-order valence-electron chi connectivity index (χ0n) is 9.33. The average molecular weight is 224 g/mol. The van der Waals surface area contributed by atoms with E-state index in [2.05, 4.69) is 10.6 Å². The standard InChI is InChI=1S/C10H16N4O2/c1-15-6-3-5(11)9-10(8(6)12)14-7(16-2)4-13-9/h3,7,13-14H,4,11-12H2,1-2H3. The summed E-state index contributed by atoms with van der Waals surface area (Å²) in [4.78, 5) is 0. The highest BCUT2D eigenvalue weighted by molar-refractivity contribution is 5.94. The van der Waals surface area contributed by atoms with Crippen LogP contribution in [-0.2, 0) is 4.74 Å². The molecule has 6 N–H and O–H groups in total. The van der Waals surface area contributed by atoms with Crippen LogP contribution in [0.4, 0.5) is 22.7 Å². The third-order valence-electron chi connectivity index (χ3n) is 2.63. The first-order chi connectivity index (χ1) is 7.67. The molecule has 0 amide bonds. The van der Waals surface area contributed by atoms with E-state index in [4.69, 9.17) is 20.9 Å². The van der Waals surface area contributed by atoms with Gasteiger partial charge in [-0.15, -0.1) is 0 Å². The van der Waals surface area contributed by atoms with E-state index in [1.807, 2.05) is 0 Å². The fourth-order valence-corrected chi connectivity index (χ4v) is 1.75. The average Bonchev–Trinajstić information content (AvgIpc) is 2.33. The van der Waals surface area contributed by atoms with Crippen molar-refractivity contribution in [3.8, 4) is 5.75 Å². The Bertz CT molecular complexity index is 408. The van der Waals surface area contributed by atoms with E-state index in [1.165, 1.54) is 0 Å². The lowest BCUT2D eigenvalue weighted by atomic mass is 10.1. The van der Waals surface area contributed by atoms with Gasteiger partial charge in [-0.2, -0.15) is 0 Å². The van der Waals surface area contributed by atoms with Crippen LogP contribution in [0.15, 0.2) is 6.07 Å². The molecular weight excluding hydrogens is 208 g/mol. The summed E-state index contributed by atoms with van der Waals surface area (Å²) in [6.07, 6.45) is -0.124. The first-order valence-corrected chi connectivity index (χ1v) is 4.96. The van der Waals surface area contributed by atoms with E-state index >= 15 is 0 Å². The second-order valence-electron chi connectivity index (χ2n) is 3.58. The number of ether oxygens (including phenoxy) is 2. The van der Waals surface area contributed by atoms with Gasteiger partial charge in [0, 0.05) is 13.2 Å². The minimum Gasteiger partial charge on any atom is -0.494 e. The van der Waals surface area contributed by atoms with E-state index in [1.54, 1.807) is 20.3 Å². The predicted octanol–water partition coefficient (Wildman–Crippen LogP) is 0.669. The molecule has 0 spiro atoms. The molecule has 1 unspecified atom stereocenters. The number of hydrogen-bond acceptors (Lipinski definition) is 6. The summed E-state index contributed by atoms with van der Waals surface area (Å²) in [5.74, 6) is 0.558. The second kappa shape index (κ2) is 3.97. The van der Waals surface area contributed by atoms with Crippen molar-refractivity contribution in [1.29, 1.82) is 0 Å². The Morgan fingerprint density at radius 1 is 1.31 bits per heavy atom. The molecule has 6 heteroatoms. The largest absolute Gasteiger partial charge is 0.494 e. The Labute approximate surface area is 93.9 Å². The van der Waals surface area contributed by atoms with Crippen molar-refractivity contribution in [2.75, 3.05) is 42.9 Å². The quantitative estimate of drug-likeness (QED) is 0.552. The Morgan fingerprint density at radius 2 is 2.06 bits per heavy atom. The monoisotopic (exact) mass is 224 g/mol. The lowest BCUT2D eigenvalue weighted by Gasteiger charge is -2.29. The lowest BCUT2D eigenvalue weighted by Crippen LogP contribution is -2.35. The predicted molar refractivity (Wildman–Crippen MR) is 64.7 cm³/mol. The van der Waals surface area contributed by atoms with Crippen molar-refractivity contribution < 1.29 is 9.47 Å². The van der Waals surface area contributed by atoms with Gasteiger partial charge in [0.1, 0.15) is 17.7 Å². The Kier molecular flexibility index (Phi) is 2.66. The molecule has 1 aromatic carbocycles. The van der Waals surface area contributed by atoms with Gasteiger partial charge in [0.15, 0.2) is 0 Å². The molecule has 88 valence electrons. The molecule has 0 bridgehead atoms. The molecule has 1 aliphatic rings. The molecular formula is C10H16N4O2. The maximum atomic E-state index is 5.96. The van der Waals surface area contributed by atoms with Crippen LogP contribution in [-0.4, -0.2) is 27.0 Å². The van der Waals surface area contributed by atoms with Crippen LogP contribution >= 0.6 is 0 Å². The van der Waals surface area contributed by atoms with Crippen LogP contribution in [0.5, 0.6) is 5.75 Å². The van der Waals surface area contributed by atoms with Gasteiger partial charge in [-0.1, -0.05) is 0 Å². The van der Waals surface area contributed by atoms with Crippen molar-refractivity contribution in [2.45, 2.75) is 6.23 Å². The summed E-state index contributed by atoms with van der Waals surface area (Å²) in [5, 5.41) is 6.34. The maximum absolute atomic E-state index is 5.96. The third kappa shape index (κ3) is 1.57. The topological polar surface area (TPSA) is 94.6 Å². The van der Waals surface area contributed by atoms with Crippen LogP contribution in [0.1, 0.15) is 0 Å². The summed E-state index contributed by atoms with van der Waals surface area (Å²) in [5.41, 5.74) is 14.5. The first kappa shape index (κ1) is 10.7. The molecule has 2 rings (SSSR count). The zero-order chi connectivity index (χ0) is 11.7. The molecule has 1 aromatic rings. The molecule has 1 heterocycles. The molecule has 0 radical (unpaired) electrons. The summed E-state index contributed by atoms with van der Waals surface area (Å²) in [6, 6.07) is 1.70. The van der Waals surface area contributed by atoms with Crippen molar-refractivity contribution in [3.63, 3.8) is 0 Å². The van der Waals surface area contributed by atoms with E-state index in [-0.39, 0.29) is 6.23 Å². The third-order valence-corrected chi connectivity index (χ3v) is 2.63. The smallest absolute Gasteiger partial charge is 0.146 e. The number of rotatable bonds is 2. The fourth-order valence-electron chi connectivity index (χ4n) is 1.75. The molecule has 0 saturated carbocycles. The molecule has 0 aliphatic carbocycles. The number of nitrogens with one attached hydrogen (secondary N) is 2. The fraction of sp³-hybridized carbons (Fsp3) is 0.400. The highest BCUT2D eigenvalue weighted by Gasteiger charge is 2.22. The van der Waals surface area contributed by atoms with Crippen molar-refractivity contribution >= 4 is 22.7 Å². The molecule has 1 aliphatic heterocycles. The number of nitrogens with two attached hydrogens (primary N) is 2. The zero-order valence-corrected chi connectivity index (χ0v) is 9.33. The van der Waals surface area contributed by atoms with Crippen molar-refractivity contribution in [2.24, 2.45) is 0 Å². The van der Waals surface area contributed by atoms with Gasteiger partial charge in [-0.05, 0) is 0 Å². The molecule has 0 aromatic heterocycles. The number of benzene rings is 1. The van der Waals surface area contributed by atoms with Gasteiger partial charge in [0.2, 0.25) is 0 Å². The Hall–Kier alpha value is -1.82. The molecule has 0 saturated heterocycles. The van der Waals surface area contributed by atoms with E-state index in [0.717, 1.165) is 11.4 Å². The molecule has 6 nitrogen and oxygen atoms in total. The lowest BCUT2D eigenvalue weighted by molar-refractivity contribution is 0.134. The molecule has 16 heavy (non-hydrogen) atoms. The van der Waals surface area contributed by atoms with Crippen LogP contribution in [0.25, 0.3) is 0 Å².